The Morgan fingerprint density at radius 3 is 2.67 bits per heavy atom. The quantitative estimate of drug-likeness (QED) is 0.816. The number of carboxylic acids is 1. The van der Waals surface area contributed by atoms with E-state index in [1.54, 1.807) is 6.07 Å². The zero-order valence-electron chi connectivity index (χ0n) is 9.82. The summed E-state index contributed by atoms with van der Waals surface area (Å²) in [5.74, 6) is -1.89. The lowest BCUT2D eigenvalue weighted by atomic mass is 10.2. The number of hydrogen-bond donors (Lipinski definition) is 1. The van der Waals surface area contributed by atoms with Crippen LogP contribution in [0, 0.1) is 9.39 Å². The Balaban J connectivity index is 2.72. The Morgan fingerprint density at radius 2 is 2.11 bits per heavy atom. The number of carbonyl (C=O) groups excluding carboxylic acids is 1. The summed E-state index contributed by atoms with van der Waals surface area (Å²) in [6.07, 6.45) is 0.342. The fourth-order valence-electron chi connectivity index (χ4n) is 1.46. The summed E-state index contributed by atoms with van der Waals surface area (Å²) in [7, 11) is 1.53. The molecule has 0 saturated heterocycles. The minimum atomic E-state index is -0.906. The van der Waals surface area contributed by atoms with Crippen molar-refractivity contribution in [2.75, 3.05) is 13.6 Å². The third-order valence-electron chi connectivity index (χ3n) is 2.41. The van der Waals surface area contributed by atoms with Crippen LogP contribution in [0.15, 0.2) is 18.2 Å². The monoisotopic (exact) mass is 365 g/mol. The maximum atomic E-state index is 13.6. The molecule has 0 aliphatic rings. The maximum Gasteiger partial charge on any atom is 0.303 e. The Labute approximate surface area is 118 Å². The third kappa shape index (κ3) is 3.94. The number of hydrogen-bond acceptors (Lipinski definition) is 2. The summed E-state index contributed by atoms with van der Waals surface area (Å²) in [5, 5.41) is 8.51. The maximum absolute atomic E-state index is 13.6. The van der Waals surface area contributed by atoms with Gasteiger partial charge in [-0.1, -0.05) is 6.07 Å². The van der Waals surface area contributed by atoms with Crippen molar-refractivity contribution in [3.05, 3.63) is 33.1 Å². The lowest BCUT2D eigenvalue weighted by Crippen LogP contribution is -2.29. The molecule has 6 heteroatoms. The van der Waals surface area contributed by atoms with E-state index in [1.165, 1.54) is 24.1 Å². The molecular weight excluding hydrogens is 352 g/mol. The molecule has 0 bridgehead atoms. The second kappa shape index (κ2) is 6.67. The summed E-state index contributed by atoms with van der Waals surface area (Å²) in [6.45, 7) is 0.287. The van der Waals surface area contributed by atoms with Crippen LogP contribution in [0.4, 0.5) is 4.39 Å². The second-order valence-corrected chi connectivity index (χ2v) is 4.98. The van der Waals surface area contributed by atoms with Crippen LogP contribution in [0.25, 0.3) is 0 Å². The van der Waals surface area contributed by atoms with Gasteiger partial charge in [0.25, 0.3) is 5.91 Å². The largest absolute Gasteiger partial charge is 0.481 e. The first-order valence-electron chi connectivity index (χ1n) is 5.34. The van der Waals surface area contributed by atoms with E-state index in [4.69, 9.17) is 5.11 Å². The summed E-state index contributed by atoms with van der Waals surface area (Å²) in [4.78, 5) is 23.7. The highest BCUT2D eigenvalue weighted by atomic mass is 127. The highest BCUT2D eigenvalue weighted by molar-refractivity contribution is 14.1. The van der Waals surface area contributed by atoms with Crippen molar-refractivity contribution in [3.8, 4) is 0 Å². The van der Waals surface area contributed by atoms with E-state index >= 15 is 0 Å². The van der Waals surface area contributed by atoms with E-state index in [-0.39, 0.29) is 18.5 Å². The van der Waals surface area contributed by atoms with Crippen LogP contribution in [-0.4, -0.2) is 35.5 Å². The Hall–Kier alpha value is -1.18. The third-order valence-corrected chi connectivity index (χ3v) is 3.31. The van der Waals surface area contributed by atoms with Gasteiger partial charge in [0, 0.05) is 23.6 Å². The number of carbonyl (C=O) groups is 2. The Morgan fingerprint density at radius 1 is 1.44 bits per heavy atom. The van der Waals surface area contributed by atoms with Gasteiger partial charge in [0.15, 0.2) is 0 Å². The second-order valence-electron chi connectivity index (χ2n) is 3.82. The first-order chi connectivity index (χ1) is 8.43. The molecule has 1 aromatic rings. The minimum Gasteiger partial charge on any atom is -0.481 e. The lowest BCUT2D eigenvalue weighted by molar-refractivity contribution is -0.137. The van der Waals surface area contributed by atoms with Crippen LogP contribution in [0.3, 0.4) is 0 Å². The van der Waals surface area contributed by atoms with E-state index in [1.807, 2.05) is 22.6 Å². The zero-order chi connectivity index (χ0) is 13.7. The van der Waals surface area contributed by atoms with Crippen molar-refractivity contribution < 1.29 is 19.1 Å². The summed E-state index contributed by atoms with van der Waals surface area (Å²) >= 11 is 1.90. The molecule has 98 valence electrons. The van der Waals surface area contributed by atoms with Gasteiger partial charge in [-0.05, 0) is 41.1 Å². The van der Waals surface area contributed by atoms with Crippen LogP contribution in [-0.2, 0) is 4.79 Å². The molecule has 0 aliphatic heterocycles. The number of benzene rings is 1. The van der Waals surface area contributed by atoms with Gasteiger partial charge >= 0.3 is 5.97 Å². The molecule has 0 atom stereocenters. The molecule has 0 unspecified atom stereocenters. The molecule has 1 rings (SSSR count). The number of amides is 1. The minimum absolute atomic E-state index is 0.00795. The van der Waals surface area contributed by atoms with Crippen molar-refractivity contribution >= 4 is 34.5 Å². The average Bonchev–Trinajstić information content (AvgIpc) is 2.27. The number of carboxylic acid groups (broad SMARTS) is 1. The standard InChI is InChI=1S/C12H13FINO3/c1-15(7-3-6-10(16)17)12(18)11-8(13)4-2-5-9(11)14/h2,4-5H,3,6-7H2,1H3,(H,16,17). The van der Waals surface area contributed by atoms with Crippen LogP contribution >= 0.6 is 22.6 Å². The lowest BCUT2D eigenvalue weighted by Gasteiger charge is -2.17. The topological polar surface area (TPSA) is 57.6 Å². The summed E-state index contributed by atoms with van der Waals surface area (Å²) in [5.41, 5.74) is 0.0379. The molecule has 0 saturated carbocycles. The first kappa shape index (κ1) is 14.9. The fourth-order valence-corrected chi connectivity index (χ4v) is 2.16. The Kier molecular flexibility index (Phi) is 5.52. The molecule has 0 aliphatic carbocycles. The molecule has 1 amide bonds. The molecule has 0 fully saturated rings. The highest BCUT2D eigenvalue weighted by Crippen LogP contribution is 2.17. The molecule has 0 aromatic heterocycles. The Bertz CT molecular complexity index is 444. The van der Waals surface area contributed by atoms with Crippen molar-refractivity contribution in [1.29, 1.82) is 0 Å². The first-order valence-corrected chi connectivity index (χ1v) is 6.42. The average molecular weight is 365 g/mol. The van der Waals surface area contributed by atoms with E-state index in [2.05, 4.69) is 0 Å². The van der Waals surface area contributed by atoms with Gasteiger partial charge in [0.2, 0.25) is 0 Å². The van der Waals surface area contributed by atoms with E-state index in [0.29, 0.717) is 9.99 Å². The van der Waals surface area contributed by atoms with Gasteiger partial charge in [-0.25, -0.2) is 4.39 Å². The molecule has 1 N–H and O–H groups in total. The van der Waals surface area contributed by atoms with E-state index in [9.17, 15) is 14.0 Å². The van der Waals surface area contributed by atoms with Crippen molar-refractivity contribution in [2.45, 2.75) is 12.8 Å². The molecule has 1 aromatic carbocycles. The van der Waals surface area contributed by atoms with Crippen LogP contribution in [0.1, 0.15) is 23.2 Å². The van der Waals surface area contributed by atoms with Crippen LogP contribution < -0.4 is 0 Å². The van der Waals surface area contributed by atoms with E-state index < -0.39 is 17.7 Å². The number of nitrogens with zero attached hydrogens (tertiary/aromatic N) is 1. The molecule has 18 heavy (non-hydrogen) atoms. The van der Waals surface area contributed by atoms with Gasteiger partial charge < -0.3 is 10.0 Å². The van der Waals surface area contributed by atoms with Gasteiger partial charge in [0.1, 0.15) is 5.82 Å². The predicted octanol–water partition coefficient (Wildman–Crippen LogP) is 2.37. The van der Waals surface area contributed by atoms with Gasteiger partial charge in [-0.2, -0.15) is 0 Å². The van der Waals surface area contributed by atoms with Crippen molar-refractivity contribution in [1.82, 2.24) is 4.90 Å². The van der Waals surface area contributed by atoms with Gasteiger partial charge in [-0.3, -0.25) is 9.59 Å². The summed E-state index contributed by atoms with van der Waals surface area (Å²) in [6, 6.07) is 4.43. The molecule has 0 spiro atoms. The fraction of sp³-hybridized carbons (Fsp3) is 0.333. The predicted molar refractivity (Wildman–Crippen MR) is 72.9 cm³/mol. The van der Waals surface area contributed by atoms with E-state index in [0.717, 1.165) is 0 Å². The molecule has 0 radical (unpaired) electrons. The molecular formula is C12H13FINO3. The molecule has 4 nitrogen and oxygen atoms in total. The van der Waals surface area contributed by atoms with Crippen molar-refractivity contribution in [2.24, 2.45) is 0 Å². The smallest absolute Gasteiger partial charge is 0.303 e. The number of rotatable bonds is 5. The highest BCUT2D eigenvalue weighted by Gasteiger charge is 2.18. The van der Waals surface area contributed by atoms with Crippen LogP contribution in [0.5, 0.6) is 0 Å². The van der Waals surface area contributed by atoms with Crippen LogP contribution in [0.2, 0.25) is 0 Å². The zero-order valence-corrected chi connectivity index (χ0v) is 12.0. The molecule has 0 heterocycles. The normalized spacial score (nSPS) is 10.2. The summed E-state index contributed by atoms with van der Waals surface area (Å²) < 4.78 is 14.1. The SMILES string of the molecule is CN(CCCC(=O)O)C(=O)c1c(F)cccc1I. The van der Waals surface area contributed by atoms with Gasteiger partial charge in [0.05, 0.1) is 5.56 Å². The number of aliphatic carboxylic acids is 1. The van der Waals surface area contributed by atoms with Gasteiger partial charge in [-0.15, -0.1) is 0 Å². The number of halogens is 2. The van der Waals surface area contributed by atoms with Crippen molar-refractivity contribution in [3.63, 3.8) is 0 Å².